The Labute approximate surface area is 147 Å². The molecule has 0 bridgehead atoms. The Bertz CT molecular complexity index is 728. The Kier molecular flexibility index (Phi) is 6.26. The van der Waals surface area contributed by atoms with Crippen LogP contribution in [0.5, 0.6) is 0 Å². The molecular formula is C17H18F3N3O3. The molecule has 1 aromatic carbocycles. The number of carbonyl (C=O) groups is 2. The molecule has 0 radical (unpaired) electrons. The van der Waals surface area contributed by atoms with Crippen molar-refractivity contribution in [3.8, 4) is 0 Å². The molecule has 1 heterocycles. The molecule has 0 fully saturated rings. The normalized spacial score (nSPS) is 12.3. The van der Waals surface area contributed by atoms with Gasteiger partial charge in [0.25, 0.3) is 0 Å². The van der Waals surface area contributed by atoms with Crippen molar-refractivity contribution in [2.45, 2.75) is 32.2 Å². The summed E-state index contributed by atoms with van der Waals surface area (Å²) in [5.74, 6) is 0.184. The first-order valence-corrected chi connectivity index (χ1v) is 7.76. The van der Waals surface area contributed by atoms with Crippen LogP contribution in [0.1, 0.15) is 23.8 Å². The minimum Gasteiger partial charge on any atom is -0.467 e. The molecule has 3 N–H and O–H groups in total. The van der Waals surface area contributed by atoms with E-state index in [1.54, 1.807) is 12.1 Å². The van der Waals surface area contributed by atoms with E-state index in [9.17, 15) is 22.8 Å². The lowest BCUT2D eigenvalue weighted by atomic mass is 10.1. The third kappa shape index (κ3) is 5.83. The molecule has 1 aromatic heterocycles. The molecule has 0 saturated carbocycles. The number of carbonyl (C=O) groups excluding carboxylic acids is 2. The molecule has 0 aliphatic rings. The summed E-state index contributed by atoms with van der Waals surface area (Å²) >= 11 is 0. The zero-order chi connectivity index (χ0) is 19.2. The zero-order valence-electron chi connectivity index (χ0n) is 13.9. The molecule has 0 unspecified atom stereocenters. The van der Waals surface area contributed by atoms with Crippen molar-refractivity contribution >= 4 is 11.9 Å². The number of halogens is 3. The predicted molar refractivity (Wildman–Crippen MR) is 86.8 cm³/mol. The smallest absolute Gasteiger partial charge is 0.416 e. The fourth-order valence-corrected chi connectivity index (χ4v) is 2.05. The second-order valence-corrected chi connectivity index (χ2v) is 5.54. The zero-order valence-corrected chi connectivity index (χ0v) is 13.9. The lowest BCUT2D eigenvalue weighted by Gasteiger charge is -2.14. The molecule has 9 heteroatoms. The molecule has 0 spiro atoms. The standard InChI is InChI=1S/C17H18F3N3O3/c1-11(15(24)21-10-14-3-2-8-26-14)23-16(25)22-9-12-4-6-13(7-5-12)17(18,19)20/h2-8,11H,9-10H2,1H3,(H,21,24)(H2,22,23,25)/t11-/m0/s1. The third-order valence-corrected chi connectivity index (χ3v) is 3.49. The molecule has 0 aliphatic heterocycles. The molecule has 0 aliphatic carbocycles. The van der Waals surface area contributed by atoms with E-state index in [0.717, 1.165) is 12.1 Å². The maximum atomic E-state index is 12.5. The monoisotopic (exact) mass is 369 g/mol. The second-order valence-electron chi connectivity index (χ2n) is 5.54. The number of hydrogen-bond acceptors (Lipinski definition) is 3. The maximum Gasteiger partial charge on any atom is 0.416 e. The number of benzene rings is 1. The highest BCUT2D eigenvalue weighted by atomic mass is 19.4. The van der Waals surface area contributed by atoms with Crippen LogP contribution in [-0.2, 0) is 24.1 Å². The van der Waals surface area contributed by atoms with Gasteiger partial charge in [-0.3, -0.25) is 4.79 Å². The van der Waals surface area contributed by atoms with Gasteiger partial charge in [0.05, 0.1) is 18.4 Å². The first-order valence-electron chi connectivity index (χ1n) is 7.76. The minimum absolute atomic E-state index is 0.0324. The van der Waals surface area contributed by atoms with Gasteiger partial charge in [0.15, 0.2) is 0 Å². The highest BCUT2D eigenvalue weighted by Crippen LogP contribution is 2.28. The van der Waals surface area contributed by atoms with Gasteiger partial charge in [0.1, 0.15) is 11.8 Å². The van der Waals surface area contributed by atoms with Gasteiger partial charge < -0.3 is 20.4 Å². The fourth-order valence-electron chi connectivity index (χ4n) is 2.05. The largest absolute Gasteiger partial charge is 0.467 e. The van der Waals surface area contributed by atoms with Crippen molar-refractivity contribution < 1.29 is 27.2 Å². The van der Waals surface area contributed by atoms with Crippen LogP contribution in [0.4, 0.5) is 18.0 Å². The quantitative estimate of drug-likeness (QED) is 0.732. The Balaban J connectivity index is 1.74. The average molecular weight is 369 g/mol. The van der Waals surface area contributed by atoms with Crippen molar-refractivity contribution in [3.63, 3.8) is 0 Å². The molecule has 6 nitrogen and oxygen atoms in total. The number of rotatable bonds is 6. The first kappa shape index (κ1) is 19.4. The van der Waals surface area contributed by atoms with E-state index in [4.69, 9.17) is 4.42 Å². The second kappa shape index (κ2) is 8.41. The molecular weight excluding hydrogens is 351 g/mol. The summed E-state index contributed by atoms with van der Waals surface area (Å²) in [7, 11) is 0. The Morgan fingerprint density at radius 3 is 2.35 bits per heavy atom. The van der Waals surface area contributed by atoms with Gasteiger partial charge in [0, 0.05) is 6.54 Å². The van der Waals surface area contributed by atoms with E-state index in [0.29, 0.717) is 11.3 Å². The van der Waals surface area contributed by atoms with Crippen LogP contribution < -0.4 is 16.0 Å². The van der Waals surface area contributed by atoms with E-state index >= 15 is 0 Å². The SMILES string of the molecule is C[C@H](NC(=O)NCc1ccc(C(F)(F)F)cc1)C(=O)NCc1ccco1. The van der Waals surface area contributed by atoms with Gasteiger partial charge in [-0.15, -0.1) is 0 Å². The van der Waals surface area contributed by atoms with Crippen molar-refractivity contribution in [1.29, 1.82) is 0 Å². The molecule has 26 heavy (non-hydrogen) atoms. The highest BCUT2D eigenvalue weighted by molar-refractivity contribution is 5.86. The maximum absolute atomic E-state index is 12.5. The van der Waals surface area contributed by atoms with Crippen LogP contribution in [0.25, 0.3) is 0 Å². The van der Waals surface area contributed by atoms with E-state index in [2.05, 4.69) is 16.0 Å². The van der Waals surface area contributed by atoms with Gasteiger partial charge in [-0.05, 0) is 36.8 Å². The van der Waals surface area contributed by atoms with E-state index in [1.807, 2.05) is 0 Å². The molecule has 0 saturated heterocycles. The van der Waals surface area contributed by atoms with Crippen LogP contribution in [0.3, 0.4) is 0 Å². The summed E-state index contributed by atoms with van der Waals surface area (Å²) in [4.78, 5) is 23.7. The summed E-state index contributed by atoms with van der Waals surface area (Å²) in [6.45, 7) is 1.74. The van der Waals surface area contributed by atoms with Gasteiger partial charge in [-0.1, -0.05) is 12.1 Å². The van der Waals surface area contributed by atoms with Gasteiger partial charge in [0.2, 0.25) is 5.91 Å². The number of amides is 3. The summed E-state index contributed by atoms with van der Waals surface area (Å²) in [5, 5.41) is 7.53. The fraction of sp³-hybridized carbons (Fsp3) is 0.294. The highest BCUT2D eigenvalue weighted by Gasteiger charge is 2.29. The summed E-state index contributed by atoms with van der Waals surface area (Å²) in [6, 6.07) is 6.44. The van der Waals surface area contributed by atoms with Gasteiger partial charge in [-0.25, -0.2) is 4.79 Å². The molecule has 140 valence electrons. The van der Waals surface area contributed by atoms with Gasteiger partial charge >= 0.3 is 12.2 Å². The number of urea groups is 1. The number of alkyl halides is 3. The van der Waals surface area contributed by atoms with Crippen molar-refractivity contribution in [1.82, 2.24) is 16.0 Å². The van der Waals surface area contributed by atoms with Crippen molar-refractivity contribution in [2.24, 2.45) is 0 Å². The van der Waals surface area contributed by atoms with Crippen molar-refractivity contribution in [2.75, 3.05) is 0 Å². The topological polar surface area (TPSA) is 83.4 Å². The van der Waals surface area contributed by atoms with Crippen LogP contribution in [0.2, 0.25) is 0 Å². The molecule has 3 amide bonds. The number of hydrogen-bond donors (Lipinski definition) is 3. The van der Waals surface area contributed by atoms with Crippen LogP contribution in [-0.4, -0.2) is 18.0 Å². The first-order chi connectivity index (χ1) is 12.3. The minimum atomic E-state index is -4.40. The predicted octanol–water partition coefficient (Wildman–Crippen LogP) is 2.80. The van der Waals surface area contributed by atoms with Crippen molar-refractivity contribution in [3.05, 3.63) is 59.5 Å². The summed E-state index contributed by atoms with van der Waals surface area (Å²) in [6.07, 6.45) is -2.92. The van der Waals surface area contributed by atoms with E-state index in [1.165, 1.54) is 25.3 Å². The lowest BCUT2D eigenvalue weighted by Crippen LogP contribution is -2.48. The molecule has 2 aromatic rings. The Morgan fingerprint density at radius 2 is 1.77 bits per heavy atom. The lowest BCUT2D eigenvalue weighted by molar-refractivity contribution is -0.137. The summed E-state index contributed by atoms with van der Waals surface area (Å²) < 4.78 is 42.5. The van der Waals surface area contributed by atoms with Crippen LogP contribution in [0, 0.1) is 0 Å². The van der Waals surface area contributed by atoms with Crippen LogP contribution >= 0.6 is 0 Å². The average Bonchev–Trinajstić information content (AvgIpc) is 3.11. The molecule has 2 rings (SSSR count). The van der Waals surface area contributed by atoms with E-state index in [-0.39, 0.29) is 13.1 Å². The Hall–Kier alpha value is -2.97. The van der Waals surface area contributed by atoms with E-state index < -0.39 is 29.7 Å². The number of nitrogens with one attached hydrogen (secondary N) is 3. The Morgan fingerprint density at radius 1 is 1.08 bits per heavy atom. The molecule has 1 atom stereocenters. The van der Waals surface area contributed by atoms with Crippen LogP contribution in [0.15, 0.2) is 47.1 Å². The number of furan rings is 1. The third-order valence-electron chi connectivity index (χ3n) is 3.49. The van der Waals surface area contributed by atoms with Gasteiger partial charge in [-0.2, -0.15) is 13.2 Å². The summed E-state index contributed by atoms with van der Waals surface area (Å²) in [5.41, 5.74) is -0.254.